The Labute approximate surface area is 80.0 Å². The van der Waals surface area contributed by atoms with Crippen LogP contribution >= 0.6 is 0 Å². The number of nitrogens with one attached hydrogen (secondary N) is 1. The average molecular weight is 206 g/mol. The van der Waals surface area contributed by atoms with Crippen LogP contribution < -0.4 is 5.32 Å². The van der Waals surface area contributed by atoms with Crippen LogP contribution in [-0.2, 0) is 15.6 Å². The summed E-state index contributed by atoms with van der Waals surface area (Å²) in [5.74, 6) is 0. The van der Waals surface area contributed by atoms with Crippen LogP contribution in [0.2, 0.25) is 0 Å². The fourth-order valence-corrected chi connectivity index (χ4v) is 0.997. The number of nitrogens with zero attached hydrogens (tertiary/aromatic N) is 1. The molecule has 5 nitrogen and oxygen atoms in total. The summed E-state index contributed by atoms with van der Waals surface area (Å²) in [5.41, 5.74) is 0.532. The number of hydrogen-bond donors (Lipinski definition) is 1. The molecule has 0 aromatic heterocycles. The van der Waals surface area contributed by atoms with E-state index in [2.05, 4.69) is 15.3 Å². The van der Waals surface area contributed by atoms with E-state index >= 15 is 0 Å². The molecule has 0 rings (SSSR count). The summed E-state index contributed by atoms with van der Waals surface area (Å²) in [6.07, 6.45) is 0.942. The third kappa shape index (κ3) is 4.62. The molecule has 0 aromatic carbocycles. The third-order valence-electron chi connectivity index (χ3n) is 1.56. The third-order valence-corrected chi connectivity index (χ3v) is 2.90. The first kappa shape index (κ1) is 12.1. The minimum Gasteiger partial charge on any atom is -0.323 e. The van der Waals surface area contributed by atoms with Crippen molar-refractivity contribution >= 4 is 22.6 Å². The summed E-state index contributed by atoms with van der Waals surface area (Å²) in [6, 6.07) is 0. The van der Waals surface area contributed by atoms with Gasteiger partial charge in [0.05, 0.1) is 11.0 Å². The molecule has 6 heteroatoms. The Morgan fingerprint density at radius 3 is 2.54 bits per heavy atom. The highest BCUT2D eigenvalue weighted by Crippen LogP contribution is 1.97. The van der Waals surface area contributed by atoms with Crippen molar-refractivity contribution in [2.75, 3.05) is 13.3 Å². The zero-order chi connectivity index (χ0) is 10.4. The second kappa shape index (κ2) is 5.69. The van der Waals surface area contributed by atoms with Gasteiger partial charge in [-0.3, -0.25) is 9.05 Å². The average Bonchev–Trinajstić information content (AvgIpc) is 2.11. The molecule has 2 atom stereocenters. The Balaban J connectivity index is 4.16. The molecule has 1 amide bonds. The first-order valence-electron chi connectivity index (χ1n) is 3.74. The van der Waals surface area contributed by atoms with E-state index in [0.29, 0.717) is 5.71 Å². The molecule has 0 aromatic rings. The summed E-state index contributed by atoms with van der Waals surface area (Å²) >= 11 is 0. The standard InChI is InChI=1S/C7H14N2O3S/c1-5(6(2)13(4)11)9-12-7(10)8-3/h6H,1-4H3,(H,8,10)/t6-,13+/m0/s1. The normalized spacial score (nSPS) is 16.2. The zero-order valence-electron chi connectivity index (χ0n) is 8.16. The Kier molecular flexibility index (Phi) is 5.29. The molecule has 0 aliphatic carbocycles. The van der Waals surface area contributed by atoms with Crippen molar-refractivity contribution in [1.29, 1.82) is 0 Å². The lowest BCUT2D eigenvalue weighted by atomic mass is 10.3. The number of carbonyl (C=O) groups excluding carboxylic acids is 1. The van der Waals surface area contributed by atoms with Crippen LogP contribution in [0.15, 0.2) is 5.16 Å². The summed E-state index contributed by atoms with van der Waals surface area (Å²) in [5, 5.41) is 5.57. The maximum atomic E-state index is 11.0. The minimum absolute atomic E-state index is 0.204. The molecule has 0 unspecified atom stereocenters. The van der Waals surface area contributed by atoms with E-state index < -0.39 is 16.9 Å². The molecule has 0 heterocycles. The molecule has 1 N–H and O–H groups in total. The van der Waals surface area contributed by atoms with Crippen LogP contribution in [0.1, 0.15) is 13.8 Å². The van der Waals surface area contributed by atoms with Crippen LogP contribution in [-0.4, -0.2) is 34.6 Å². The van der Waals surface area contributed by atoms with Gasteiger partial charge in [-0.1, -0.05) is 5.16 Å². The monoisotopic (exact) mass is 206 g/mol. The van der Waals surface area contributed by atoms with Crippen LogP contribution in [0.25, 0.3) is 0 Å². The molecular weight excluding hydrogens is 192 g/mol. The van der Waals surface area contributed by atoms with Gasteiger partial charge in [0.15, 0.2) is 0 Å². The van der Waals surface area contributed by atoms with Crippen LogP contribution in [0, 0.1) is 0 Å². The van der Waals surface area contributed by atoms with Gasteiger partial charge in [-0.05, 0) is 13.8 Å². The molecule has 0 saturated heterocycles. The highest BCUT2D eigenvalue weighted by atomic mass is 32.2. The van der Waals surface area contributed by atoms with Gasteiger partial charge in [0, 0.05) is 24.1 Å². The Hall–Kier alpha value is -0.910. The van der Waals surface area contributed by atoms with Gasteiger partial charge in [0.2, 0.25) is 0 Å². The Morgan fingerprint density at radius 1 is 1.62 bits per heavy atom. The van der Waals surface area contributed by atoms with Gasteiger partial charge in [-0.2, -0.15) is 0 Å². The van der Waals surface area contributed by atoms with Crippen molar-refractivity contribution in [3.8, 4) is 0 Å². The largest absolute Gasteiger partial charge is 0.433 e. The van der Waals surface area contributed by atoms with E-state index in [1.807, 2.05) is 0 Å². The molecule has 0 bridgehead atoms. The maximum Gasteiger partial charge on any atom is 0.433 e. The summed E-state index contributed by atoms with van der Waals surface area (Å²) < 4.78 is 11.0. The lowest BCUT2D eigenvalue weighted by molar-refractivity contribution is 0.153. The number of oxime groups is 1. The first-order valence-corrected chi connectivity index (χ1v) is 5.36. The van der Waals surface area contributed by atoms with Gasteiger partial charge in [-0.25, -0.2) is 4.79 Å². The fraction of sp³-hybridized carbons (Fsp3) is 0.714. The molecule has 76 valence electrons. The van der Waals surface area contributed by atoms with Crippen molar-refractivity contribution in [1.82, 2.24) is 5.32 Å². The summed E-state index contributed by atoms with van der Waals surface area (Å²) in [6.45, 7) is 3.41. The zero-order valence-corrected chi connectivity index (χ0v) is 8.97. The van der Waals surface area contributed by atoms with Gasteiger partial charge >= 0.3 is 6.09 Å². The fourth-order valence-electron chi connectivity index (χ4n) is 0.474. The van der Waals surface area contributed by atoms with E-state index in [4.69, 9.17) is 0 Å². The minimum atomic E-state index is -1.000. The molecule has 0 fully saturated rings. The number of hydrogen-bond acceptors (Lipinski definition) is 4. The van der Waals surface area contributed by atoms with Crippen LogP contribution in [0.3, 0.4) is 0 Å². The first-order chi connectivity index (χ1) is 5.99. The quantitative estimate of drug-likeness (QED) is 0.415. The molecule has 0 saturated carbocycles. The van der Waals surface area contributed by atoms with Crippen molar-refractivity contribution in [3.05, 3.63) is 0 Å². The van der Waals surface area contributed by atoms with Gasteiger partial charge in [0.25, 0.3) is 0 Å². The molecule has 0 aliphatic heterocycles. The number of rotatable bonds is 3. The van der Waals surface area contributed by atoms with E-state index in [-0.39, 0.29) is 5.25 Å². The van der Waals surface area contributed by atoms with E-state index in [9.17, 15) is 9.00 Å². The highest BCUT2D eigenvalue weighted by Gasteiger charge is 2.10. The molecular formula is C7H14N2O3S. The molecule has 0 aliphatic rings. The van der Waals surface area contributed by atoms with Crippen molar-refractivity contribution < 1.29 is 13.8 Å². The van der Waals surface area contributed by atoms with Gasteiger partial charge in [-0.15, -0.1) is 0 Å². The van der Waals surface area contributed by atoms with E-state index in [1.54, 1.807) is 20.1 Å². The van der Waals surface area contributed by atoms with Crippen molar-refractivity contribution in [3.63, 3.8) is 0 Å². The number of carbonyl (C=O) groups is 1. The smallest absolute Gasteiger partial charge is 0.323 e. The van der Waals surface area contributed by atoms with Crippen LogP contribution in [0.5, 0.6) is 0 Å². The van der Waals surface area contributed by atoms with Gasteiger partial charge in [0.1, 0.15) is 0 Å². The van der Waals surface area contributed by atoms with Crippen molar-refractivity contribution in [2.45, 2.75) is 19.1 Å². The highest BCUT2D eigenvalue weighted by molar-refractivity contribution is 7.85. The second-order valence-corrected chi connectivity index (χ2v) is 4.21. The maximum absolute atomic E-state index is 11.0. The predicted octanol–water partition coefficient (Wildman–Crippen LogP) is 0.485. The van der Waals surface area contributed by atoms with Crippen LogP contribution in [0.4, 0.5) is 4.79 Å². The Morgan fingerprint density at radius 2 is 2.15 bits per heavy atom. The van der Waals surface area contributed by atoms with E-state index in [0.717, 1.165) is 0 Å². The lowest BCUT2D eigenvalue weighted by Gasteiger charge is -2.05. The molecule has 0 spiro atoms. The number of amides is 1. The summed E-state index contributed by atoms with van der Waals surface area (Å²) in [7, 11) is 0.440. The Bertz CT molecular complexity index is 240. The molecule has 0 radical (unpaired) electrons. The van der Waals surface area contributed by atoms with Crippen molar-refractivity contribution in [2.24, 2.45) is 5.16 Å². The SMILES string of the molecule is CNC(=O)ON=C(C)[C@H](C)[S@@](C)=O. The topological polar surface area (TPSA) is 67.8 Å². The predicted molar refractivity (Wildman–Crippen MR) is 52.2 cm³/mol. The summed E-state index contributed by atoms with van der Waals surface area (Å²) in [4.78, 5) is 15.0. The van der Waals surface area contributed by atoms with E-state index in [1.165, 1.54) is 7.05 Å². The molecule has 13 heavy (non-hydrogen) atoms. The lowest BCUT2D eigenvalue weighted by Crippen LogP contribution is -2.22. The van der Waals surface area contributed by atoms with Gasteiger partial charge < -0.3 is 5.32 Å². The second-order valence-electron chi connectivity index (χ2n) is 2.50.